The second kappa shape index (κ2) is 11.1. The Labute approximate surface area is 222 Å². The standard InChI is InChI=1S/C28H30N4O5S/c1-31(2)16-17-32(38(4,35)36)22-13-11-21(12-14-22)29-26(19-8-6-5-7-9-19)25-23-15-10-20(28(34)37-3)18-24(23)30-27(25)33/h5-15,18,29H,16-17H2,1-4H3,(H,30,33). The number of benzene rings is 3. The number of fused-ring (bicyclic) bond motifs is 1. The maximum Gasteiger partial charge on any atom is 0.337 e. The number of hydrogen-bond donors (Lipinski definition) is 2. The molecule has 4 rings (SSSR count). The number of sulfonamides is 1. The summed E-state index contributed by atoms with van der Waals surface area (Å²) in [5, 5.41) is 6.21. The highest BCUT2D eigenvalue weighted by Crippen LogP contribution is 2.38. The van der Waals surface area contributed by atoms with Crippen LogP contribution in [0.4, 0.5) is 17.1 Å². The van der Waals surface area contributed by atoms with Gasteiger partial charge in [-0.25, -0.2) is 13.2 Å². The molecule has 2 N–H and O–H groups in total. The molecular weight excluding hydrogens is 504 g/mol. The third-order valence-corrected chi connectivity index (χ3v) is 7.27. The molecular formula is C28H30N4O5S. The van der Waals surface area contributed by atoms with Gasteiger partial charge in [0.25, 0.3) is 5.91 Å². The van der Waals surface area contributed by atoms with E-state index in [4.69, 9.17) is 4.74 Å². The predicted octanol–water partition coefficient (Wildman–Crippen LogP) is 3.73. The molecule has 3 aromatic carbocycles. The number of methoxy groups -OCH3 is 1. The molecule has 0 aromatic heterocycles. The topological polar surface area (TPSA) is 108 Å². The third-order valence-electron chi connectivity index (χ3n) is 6.07. The quantitative estimate of drug-likeness (QED) is 0.318. The van der Waals surface area contributed by atoms with Gasteiger partial charge in [-0.15, -0.1) is 0 Å². The summed E-state index contributed by atoms with van der Waals surface area (Å²) in [6.45, 7) is 0.895. The van der Waals surface area contributed by atoms with Crippen LogP contribution in [-0.2, 0) is 19.6 Å². The van der Waals surface area contributed by atoms with Crippen LogP contribution >= 0.6 is 0 Å². The number of likely N-dealkylation sites (N-methyl/N-ethyl adjacent to an activating group) is 1. The van der Waals surface area contributed by atoms with Crippen LogP contribution in [-0.4, -0.2) is 65.7 Å². The van der Waals surface area contributed by atoms with E-state index in [1.807, 2.05) is 49.3 Å². The van der Waals surface area contributed by atoms with Crippen LogP contribution in [0.15, 0.2) is 72.8 Å². The van der Waals surface area contributed by atoms with Crippen molar-refractivity contribution in [3.63, 3.8) is 0 Å². The van der Waals surface area contributed by atoms with Crippen molar-refractivity contribution in [1.29, 1.82) is 0 Å². The van der Waals surface area contributed by atoms with Crippen molar-refractivity contribution >= 4 is 50.2 Å². The monoisotopic (exact) mass is 534 g/mol. The van der Waals surface area contributed by atoms with Crippen LogP contribution in [0.3, 0.4) is 0 Å². The molecule has 0 radical (unpaired) electrons. The summed E-state index contributed by atoms with van der Waals surface area (Å²) in [6.07, 6.45) is 1.19. The lowest BCUT2D eigenvalue weighted by Crippen LogP contribution is -2.35. The van der Waals surface area contributed by atoms with Crippen LogP contribution in [0.25, 0.3) is 11.3 Å². The second-order valence-electron chi connectivity index (χ2n) is 9.13. The number of hydrogen-bond acceptors (Lipinski definition) is 7. The van der Waals surface area contributed by atoms with Crippen LogP contribution in [0, 0.1) is 0 Å². The van der Waals surface area contributed by atoms with E-state index < -0.39 is 16.0 Å². The number of carbonyl (C=O) groups excluding carboxylic acids is 2. The molecule has 0 fully saturated rings. The van der Waals surface area contributed by atoms with Crippen molar-refractivity contribution in [2.75, 3.05) is 55.5 Å². The molecule has 0 bridgehead atoms. The van der Waals surface area contributed by atoms with E-state index >= 15 is 0 Å². The van der Waals surface area contributed by atoms with E-state index in [1.54, 1.807) is 42.5 Å². The van der Waals surface area contributed by atoms with E-state index in [0.29, 0.717) is 52.5 Å². The average Bonchev–Trinajstić information content (AvgIpc) is 3.21. The van der Waals surface area contributed by atoms with Gasteiger partial charge in [0.05, 0.1) is 41.6 Å². The molecule has 9 nitrogen and oxygen atoms in total. The Bertz CT molecular complexity index is 1480. The highest BCUT2D eigenvalue weighted by Gasteiger charge is 2.29. The number of anilines is 3. The lowest BCUT2D eigenvalue weighted by Gasteiger charge is -2.24. The molecule has 0 saturated heterocycles. The molecule has 10 heteroatoms. The van der Waals surface area contributed by atoms with E-state index in [-0.39, 0.29) is 5.91 Å². The van der Waals surface area contributed by atoms with Gasteiger partial charge in [-0.3, -0.25) is 9.10 Å². The van der Waals surface area contributed by atoms with Gasteiger partial charge in [0.2, 0.25) is 10.0 Å². The fraction of sp³-hybridized carbons (Fsp3) is 0.214. The SMILES string of the molecule is COC(=O)c1ccc2c(c1)NC(=O)C2=C(Nc1ccc(N(CCN(C)C)S(C)(=O)=O)cc1)c1ccccc1. The molecule has 0 saturated carbocycles. The fourth-order valence-corrected chi connectivity index (χ4v) is 5.10. The lowest BCUT2D eigenvalue weighted by atomic mass is 9.99. The molecule has 1 heterocycles. The Morgan fingerprint density at radius 2 is 1.63 bits per heavy atom. The Kier molecular flexibility index (Phi) is 7.84. The van der Waals surface area contributed by atoms with Crippen molar-refractivity contribution in [2.24, 2.45) is 0 Å². The zero-order chi connectivity index (χ0) is 27.4. The Balaban J connectivity index is 1.73. The first-order valence-electron chi connectivity index (χ1n) is 11.9. The first-order chi connectivity index (χ1) is 18.1. The number of carbonyl (C=O) groups is 2. The normalized spacial score (nSPS) is 14.1. The Morgan fingerprint density at radius 3 is 2.24 bits per heavy atom. The van der Waals surface area contributed by atoms with Crippen molar-refractivity contribution in [2.45, 2.75) is 0 Å². The number of ether oxygens (including phenoxy) is 1. The van der Waals surface area contributed by atoms with Gasteiger partial charge in [-0.2, -0.15) is 0 Å². The number of esters is 1. The first-order valence-corrected chi connectivity index (χ1v) is 13.8. The van der Waals surface area contributed by atoms with Crippen LogP contribution in [0.2, 0.25) is 0 Å². The first kappa shape index (κ1) is 26.9. The summed E-state index contributed by atoms with van der Waals surface area (Å²) < 4.78 is 31.0. The summed E-state index contributed by atoms with van der Waals surface area (Å²) in [6, 6.07) is 21.4. The lowest BCUT2D eigenvalue weighted by molar-refractivity contribution is -0.110. The largest absolute Gasteiger partial charge is 0.465 e. The third kappa shape index (κ3) is 5.87. The predicted molar refractivity (Wildman–Crippen MR) is 150 cm³/mol. The van der Waals surface area contributed by atoms with Crippen LogP contribution in [0.5, 0.6) is 0 Å². The van der Waals surface area contributed by atoms with Crippen molar-refractivity contribution in [1.82, 2.24) is 4.90 Å². The maximum atomic E-state index is 13.2. The Morgan fingerprint density at radius 1 is 0.947 bits per heavy atom. The van der Waals surface area contributed by atoms with Gasteiger partial charge in [0.1, 0.15) is 0 Å². The summed E-state index contributed by atoms with van der Waals surface area (Å²) in [5.74, 6) is -0.799. The average molecular weight is 535 g/mol. The van der Waals surface area contributed by atoms with E-state index in [0.717, 1.165) is 5.56 Å². The zero-order valence-corrected chi connectivity index (χ0v) is 22.5. The van der Waals surface area contributed by atoms with Gasteiger partial charge < -0.3 is 20.3 Å². The number of rotatable bonds is 9. The zero-order valence-electron chi connectivity index (χ0n) is 21.7. The highest BCUT2D eigenvalue weighted by molar-refractivity contribution is 7.92. The molecule has 0 unspecified atom stereocenters. The fourth-order valence-electron chi connectivity index (χ4n) is 4.18. The molecule has 38 heavy (non-hydrogen) atoms. The van der Waals surface area contributed by atoms with Gasteiger partial charge in [0.15, 0.2) is 0 Å². The number of nitrogens with one attached hydrogen (secondary N) is 2. The number of amides is 1. The molecule has 0 atom stereocenters. The summed E-state index contributed by atoms with van der Waals surface area (Å²) in [5.41, 5.74) is 4.52. The molecule has 0 aliphatic carbocycles. The molecule has 3 aromatic rings. The van der Waals surface area contributed by atoms with Crippen molar-refractivity contribution in [3.8, 4) is 0 Å². The smallest absolute Gasteiger partial charge is 0.337 e. The number of nitrogens with zero attached hydrogens (tertiary/aromatic N) is 2. The Hall–Kier alpha value is -4.15. The minimum Gasteiger partial charge on any atom is -0.465 e. The molecule has 1 amide bonds. The van der Waals surface area contributed by atoms with E-state index in [2.05, 4.69) is 10.6 Å². The highest BCUT2D eigenvalue weighted by atomic mass is 32.2. The minimum absolute atomic E-state index is 0.308. The van der Waals surface area contributed by atoms with Crippen LogP contribution in [0.1, 0.15) is 21.5 Å². The van der Waals surface area contributed by atoms with Gasteiger partial charge in [-0.1, -0.05) is 36.4 Å². The minimum atomic E-state index is -3.47. The maximum absolute atomic E-state index is 13.2. The molecule has 1 aliphatic rings. The molecule has 198 valence electrons. The van der Waals surface area contributed by atoms with Crippen LogP contribution < -0.4 is 14.9 Å². The second-order valence-corrected chi connectivity index (χ2v) is 11.0. The molecule has 0 spiro atoms. The van der Waals surface area contributed by atoms with Crippen molar-refractivity contribution < 1.29 is 22.7 Å². The van der Waals surface area contributed by atoms with Gasteiger partial charge in [-0.05, 0) is 56.1 Å². The van der Waals surface area contributed by atoms with E-state index in [1.165, 1.54) is 17.7 Å². The van der Waals surface area contributed by atoms with Gasteiger partial charge >= 0.3 is 5.97 Å². The van der Waals surface area contributed by atoms with Crippen molar-refractivity contribution in [3.05, 3.63) is 89.5 Å². The summed E-state index contributed by atoms with van der Waals surface area (Å²) in [7, 11) is 1.62. The summed E-state index contributed by atoms with van der Waals surface area (Å²) >= 11 is 0. The summed E-state index contributed by atoms with van der Waals surface area (Å²) in [4.78, 5) is 27.1. The van der Waals surface area contributed by atoms with Gasteiger partial charge in [0, 0.05) is 24.3 Å². The molecule has 1 aliphatic heterocycles. The van der Waals surface area contributed by atoms with E-state index in [9.17, 15) is 18.0 Å².